The van der Waals surface area contributed by atoms with Gasteiger partial charge in [-0.05, 0) is 30.3 Å². The van der Waals surface area contributed by atoms with E-state index in [1.54, 1.807) is 18.2 Å². The van der Waals surface area contributed by atoms with Crippen LogP contribution in [0.1, 0.15) is 5.56 Å². The van der Waals surface area contributed by atoms with Gasteiger partial charge in [-0.15, -0.1) is 10.2 Å². The molecule has 0 radical (unpaired) electrons. The molecule has 2 N–H and O–H groups in total. The van der Waals surface area contributed by atoms with E-state index < -0.39 is 11.7 Å². The Morgan fingerprint density at radius 1 is 1.10 bits per heavy atom. The van der Waals surface area contributed by atoms with E-state index in [0.717, 1.165) is 12.3 Å². The summed E-state index contributed by atoms with van der Waals surface area (Å²) in [6.07, 6.45) is -3.48. The number of pyridine rings is 1. The Hall–Kier alpha value is -2.28. The van der Waals surface area contributed by atoms with Gasteiger partial charge in [0.1, 0.15) is 0 Å². The summed E-state index contributed by atoms with van der Waals surface area (Å²) in [5.41, 5.74) is 6.08. The number of alkyl halides is 3. The minimum Gasteiger partial charge on any atom is -0.398 e. The normalized spacial score (nSPS) is 12.0. The average molecular weight is 313 g/mol. The third-order valence-corrected chi connectivity index (χ3v) is 3.33. The number of anilines is 1. The molecule has 0 saturated carbocycles. The molecule has 1 aromatic carbocycles. The zero-order valence-electron chi connectivity index (χ0n) is 10.4. The lowest BCUT2D eigenvalue weighted by Crippen LogP contribution is -2.06. The lowest BCUT2D eigenvalue weighted by atomic mass is 10.2. The number of nitrogen functional groups attached to an aromatic ring is 1. The summed E-state index contributed by atoms with van der Waals surface area (Å²) >= 11 is 5.83. The monoisotopic (exact) mass is 312 g/mol. The molecule has 0 saturated heterocycles. The number of fused-ring (bicyclic) bond motifs is 1. The first kappa shape index (κ1) is 13.7. The summed E-state index contributed by atoms with van der Waals surface area (Å²) < 4.78 is 39.6. The summed E-state index contributed by atoms with van der Waals surface area (Å²) in [6.45, 7) is 0. The fraction of sp³-hybridized carbons (Fsp3) is 0.0769. The van der Waals surface area contributed by atoms with Crippen LogP contribution >= 0.6 is 11.6 Å². The number of nitrogens with zero attached hydrogens (tertiary/aromatic N) is 3. The maximum atomic E-state index is 12.8. The number of hydrogen-bond acceptors (Lipinski definition) is 3. The number of hydrogen-bond donors (Lipinski definition) is 1. The molecule has 0 fully saturated rings. The molecule has 4 nitrogen and oxygen atoms in total. The van der Waals surface area contributed by atoms with Gasteiger partial charge in [0.15, 0.2) is 11.5 Å². The average Bonchev–Trinajstić information content (AvgIpc) is 2.84. The number of benzene rings is 1. The molecule has 2 aromatic heterocycles. The van der Waals surface area contributed by atoms with Crippen molar-refractivity contribution in [1.29, 1.82) is 0 Å². The molecule has 0 aliphatic carbocycles. The van der Waals surface area contributed by atoms with Crippen molar-refractivity contribution in [2.45, 2.75) is 6.18 Å². The molecule has 3 aromatic rings. The van der Waals surface area contributed by atoms with E-state index in [2.05, 4.69) is 10.2 Å². The summed E-state index contributed by atoms with van der Waals surface area (Å²) in [5, 5.41) is 8.11. The van der Waals surface area contributed by atoms with Crippen LogP contribution in [0.25, 0.3) is 17.0 Å². The van der Waals surface area contributed by atoms with Crippen LogP contribution in [0.3, 0.4) is 0 Å². The molecule has 3 rings (SSSR count). The molecular formula is C13H8ClF3N4. The highest BCUT2D eigenvalue weighted by Crippen LogP contribution is 2.31. The topological polar surface area (TPSA) is 56.2 Å². The zero-order valence-corrected chi connectivity index (χ0v) is 11.2. The Labute approximate surface area is 122 Å². The number of nitrogens with two attached hydrogens (primary N) is 1. The Bertz CT molecular complexity index is 826. The van der Waals surface area contributed by atoms with Gasteiger partial charge in [-0.1, -0.05) is 11.6 Å². The van der Waals surface area contributed by atoms with Crippen LogP contribution in [-0.4, -0.2) is 14.6 Å². The predicted molar refractivity (Wildman–Crippen MR) is 72.8 cm³/mol. The van der Waals surface area contributed by atoms with Gasteiger partial charge in [0.05, 0.1) is 16.3 Å². The van der Waals surface area contributed by atoms with Gasteiger partial charge in [-0.25, -0.2) is 0 Å². The highest BCUT2D eigenvalue weighted by molar-refractivity contribution is 6.33. The van der Waals surface area contributed by atoms with Gasteiger partial charge in [-0.3, -0.25) is 4.40 Å². The highest BCUT2D eigenvalue weighted by Gasteiger charge is 2.31. The number of rotatable bonds is 1. The van der Waals surface area contributed by atoms with Gasteiger partial charge in [0.25, 0.3) is 0 Å². The van der Waals surface area contributed by atoms with Crippen molar-refractivity contribution in [3.8, 4) is 11.4 Å². The first-order valence-corrected chi connectivity index (χ1v) is 6.21. The molecule has 8 heteroatoms. The first-order chi connectivity index (χ1) is 9.86. The summed E-state index contributed by atoms with van der Waals surface area (Å²) in [5.74, 6) is 0.263. The summed E-state index contributed by atoms with van der Waals surface area (Å²) in [4.78, 5) is 0. The predicted octanol–water partition coefficient (Wildman–Crippen LogP) is 3.65. The molecule has 0 unspecified atom stereocenters. The van der Waals surface area contributed by atoms with Crippen LogP contribution in [0.5, 0.6) is 0 Å². The van der Waals surface area contributed by atoms with Gasteiger partial charge in [0, 0.05) is 11.8 Å². The van der Waals surface area contributed by atoms with Crippen molar-refractivity contribution in [1.82, 2.24) is 14.6 Å². The second-order valence-corrected chi connectivity index (χ2v) is 4.81. The maximum absolute atomic E-state index is 12.8. The molecule has 2 heterocycles. The van der Waals surface area contributed by atoms with Crippen LogP contribution in [0.15, 0.2) is 36.5 Å². The molecule has 0 spiro atoms. The van der Waals surface area contributed by atoms with Crippen molar-refractivity contribution in [2.75, 3.05) is 5.73 Å². The second-order valence-electron chi connectivity index (χ2n) is 4.40. The number of aromatic nitrogens is 3. The van der Waals surface area contributed by atoms with Gasteiger partial charge in [-0.2, -0.15) is 13.2 Å². The SMILES string of the molecule is Nc1cc(-c2nnc3ccc(C(F)(F)F)cn23)ccc1Cl. The lowest BCUT2D eigenvalue weighted by molar-refractivity contribution is -0.137. The summed E-state index contributed by atoms with van der Waals surface area (Å²) in [6, 6.07) is 6.94. The van der Waals surface area contributed by atoms with Crippen molar-refractivity contribution in [3.05, 3.63) is 47.1 Å². The molecule has 0 aliphatic rings. The van der Waals surface area contributed by atoms with Gasteiger partial charge < -0.3 is 5.73 Å². The van der Waals surface area contributed by atoms with Crippen LogP contribution in [0.4, 0.5) is 18.9 Å². The smallest absolute Gasteiger partial charge is 0.398 e. The van der Waals surface area contributed by atoms with E-state index in [1.807, 2.05) is 0 Å². The third-order valence-electron chi connectivity index (χ3n) is 2.98. The summed E-state index contributed by atoms with van der Waals surface area (Å²) in [7, 11) is 0. The Balaban J connectivity index is 2.20. The van der Waals surface area contributed by atoms with E-state index in [4.69, 9.17) is 17.3 Å². The molecule has 0 aliphatic heterocycles. The maximum Gasteiger partial charge on any atom is 0.417 e. The van der Waals surface area contributed by atoms with E-state index in [0.29, 0.717) is 21.9 Å². The fourth-order valence-electron chi connectivity index (χ4n) is 1.94. The lowest BCUT2D eigenvalue weighted by Gasteiger charge is -2.08. The van der Waals surface area contributed by atoms with Crippen LogP contribution in [-0.2, 0) is 6.18 Å². The van der Waals surface area contributed by atoms with Crippen molar-refractivity contribution in [3.63, 3.8) is 0 Å². The second kappa shape index (κ2) is 4.63. The standard InChI is InChI=1S/C13H8ClF3N4/c14-9-3-1-7(5-10(9)18)12-20-19-11-4-2-8(6-21(11)12)13(15,16)17/h1-6H,18H2. The largest absolute Gasteiger partial charge is 0.417 e. The molecule has 21 heavy (non-hydrogen) atoms. The van der Waals surface area contributed by atoms with Crippen LogP contribution in [0.2, 0.25) is 5.02 Å². The van der Waals surface area contributed by atoms with E-state index in [9.17, 15) is 13.2 Å². The van der Waals surface area contributed by atoms with Crippen molar-refractivity contribution >= 4 is 22.9 Å². The zero-order chi connectivity index (χ0) is 15.2. The highest BCUT2D eigenvalue weighted by atomic mass is 35.5. The molecule has 108 valence electrons. The van der Waals surface area contributed by atoms with E-state index in [1.165, 1.54) is 10.5 Å². The molecular weight excluding hydrogens is 305 g/mol. The minimum atomic E-state index is -4.44. The molecule has 0 amide bonds. The third kappa shape index (κ3) is 2.40. The Morgan fingerprint density at radius 3 is 2.52 bits per heavy atom. The van der Waals surface area contributed by atoms with E-state index >= 15 is 0 Å². The van der Waals surface area contributed by atoms with Crippen LogP contribution in [0, 0.1) is 0 Å². The Kier molecular flexibility index (Phi) is 3.02. The van der Waals surface area contributed by atoms with E-state index in [-0.39, 0.29) is 5.82 Å². The Morgan fingerprint density at radius 2 is 1.86 bits per heavy atom. The quantitative estimate of drug-likeness (QED) is 0.698. The van der Waals surface area contributed by atoms with Gasteiger partial charge in [0.2, 0.25) is 0 Å². The van der Waals surface area contributed by atoms with Crippen molar-refractivity contribution < 1.29 is 13.2 Å². The molecule has 0 atom stereocenters. The van der Waals surface area contributed by atoms with Gasteiger partial charge >= 0.3 is 6.18 Å². The molecule has 0 bridgehead atoms. The van der Waals surface area contributed by atoms with Crippen molar-refractivity contribution in [2.24, 2.45) is 0 Å². The number of halogens is 4. The minimum absolute atomic E-state index is 0.263. The first-order valence-electron chi connectivity index (χ1n) is 5.83. The fourth-order valence-corrected chi connectivity index (χ4v) is 2.06. The van der Waals surface area contributed by atoms with Crippen LogP contribution < -0.4 is 5.73 Å².